The summed E-state index contributed by atoms with van der Waals surface area (Å²) in [5.74, 6) is -0.397. The number of aromatic amines is 1. The second-order valence-corrected chi connectivity index (χ2v) is 6.35. The van der Waals surface area contributed by atoms with Gasteiger partial charge < -0.3 is 4.98 Å². The van der Waals surface area contributed by atoms with Crippen LogP contribution in [0.15, 0.2) is 53.1 Å². The van der Waals surface area contributed by atoms with E-state index in [1.807, 2.05) is 42.6 Å². The lowest BCUT2D eigenvalue weighted by Crippen LogP contribution is -2.14. The lowest BCUT2D eigenvalue weighted by atomic mass is 9.91. The van der Waals surface area contributed by atoms with Gasteiger partial charge in [-0.2, -0.15) is 0 Å². The Hall–Kier alpha value is -1.85. The highest BCUT2D eigenvalue weighted by Gasteiger charge is 2.25. The molecule has 22 heavy (non-hydrogen) atoms. The molecule has 0 amide bonds. The number of aromatic nitrogens is 1. The number of rotatable bonds is 4. The Labute approximate surface area is 140 Å². The molecule has 0 fully saturated rings. The summed E-state index contributed by atoms with van der Waals surface area (Å²) in [6.45, 7) is -0.205. The zero-order chi connectivity index (χ0) is 15.7. The zero-order valence-corrected chi connectivity index (χ0v) is 13.8. The second-order valence-electron chi connectivity index (χ2n) is 5.02. The van der Waals surface area contributed by atoms with Gasteiger partial charge in [-0.15, -0.1) is 0 Å². The molecular weight excluding hydrogens is 368 g/mol. The number of benzene rings is 2. The highest BCUT2D eigenvalue weighted by molar-refractivity contribution is 9.10. The van der Waals surface area contributed by atoms with Crippen molar-refractivity contribution in [2.24, 2.45) is 0 Å². The molecular formula is C16H12BrClN2O2. The van der Waals surface area contributed by atoms with Crippen LogP contribution >= 0.6 is 27.5 Å². The van der Waals surface area contributed by atoms with E-state index in [2.05, 4.69) is 20.9 Å². The average molecular weight is 380 g/mol. The monoisotopic (exact) mass is 378 g/mol. The van der Waals surface area contributed by atoms with Crippen LogP contribution in [0.2, 0.25) is 5.02 Å². The van der Waals surface area contributed by atoms with Gasteiger partial charge in [-0.05, 0) is 35.4 Å². The molecule has 0 aliphatic rings. The number of nitro groups is 1. The second kappa shape index (κ2) is 6.10. The molecule has 1 heterocycles. The predicted molar refractivity (Wildman–Crippen MR) is 91.2 cm³/mol. The molecule has 0 spiro atoms. The van der Waals surface area contributed by atoms with Crippen LogP contribution in [0.4, 0.5) is 0 Å². The molecule has 4 nitrogen and oxygen atoms in total. The minimum absolute atomic E-state index is 0.205. The van der Waals surface area contributed by atoms with Gasteiger partial charge in [-0.25, -0.2) is 0 Å². The maximum absolute atomic E-state index is 11.1. The first kappa shape index (κ1) is 15.1. The molecule has 3 rings (SSSR count). The fourth-order valence-corrected chi connectivity index (χ4v) is 3.30. The van der Waals surface area contributed by atoms with Crippen molar-refractivity contribution in [3.05, 3.63) is 79.4 Å². The van der Waals surface area contributed by atoms with E-state index < -0.39 is 5.92 Å². The van der Waals surface area contributed by atoms with Crippen molar-refractivity contribution in [2.45, 2.75) is 5.92 Å². The quantitative estimate of drug-likeness (QED) is 0.512. The summed E-state index contributed by atoms with van der Waals surface area (Å²) in [5, 5.41) is 12.6. The molecule has 6 heteroatoms. The fourth-order valence-electron chi connectivity index (χ4n) is 2.67. The third-order valence-corrected chi connectivity index (χ3v) is 4.50. The van der Waals surface area contributed by atoms with E-state index in [4.69, 9.17) is 11.6 Å². The molecule has 112 valence electrons. The summed E-state index contributed by atoms with van der Waals surface area (Å²) in [6, 6.07) is 13.1. The largest absolute Gasteiger partial charge is 0.361 e. The van der Waals surface area contributed by atoms with Gasteiger partial charge in [0.15, 0.2) is 0 Å². The normalized spacial score (nSPS) is 12.5. The Balaban J connectivity index is 2.18. The van der Waals surface area contributed by atoms with Crippen molar-refractivity contribution in [1.29, 1.82) is 0 Å². The lowest BCUT2D eigenvalue weighted by molar-refractivity contribution is -0.481. The van der Waals surface area contributed by atoms with Crippen LogP contribution in [-0.4, -0.2) is 16.5 Å². The van der Waals surface area contributed by atoms with Gasteiger partial charge in [0.2, 0.25) is 6.54 Å². The fraction of sp³-hybridized carbons (Fsp3) is 0.125. The Bertz CT molecular complexity index is 847. The van der Waals surface area contributed by atoms with Crippen molar-refractivity contribution in [3.8, 4) is 0 Å². The first-order valence-electron chi connectivity index (χ1n) is 6.69. The molecule has 0 aliphatic carbocycles. The van der Waals surface area contributed by atoms with E-state index >= 15 is 0 Å². The van der Waals surface area contributed by atoms with Crippen LogP contribution in [-0.2, 0) is 0 Å². The molecule has 2 aromatic carbocycles. The molecule has 1 N–H and O–H groups in total. The van der Waals surface area contributed by atoms with E-state index in [1.165, 1.54) is 0 Å². The standard InChI is InChI=1S/C16H12BrClN2O2/c17-10-5-6-16-12(7-10)13(8-19-16)14(9-20(21)22)11-3-1-2-4-15(11)18/h1-8,14,19H,9H2. The first-order chi connectivity index (χ1) is 10.6. The van der Waals surface area contributed by atoms with E-state index in [1.54, 1.807) is 6.07 Å². The van der Waals surface area contributed by atoms with Gasteiger partial charge in [0.1, 0.15) is 0 Å². The number of H-pyrrole nitrogens is 1. The molecule has 0 saturated heterocycles. The molecule has 1 unspecified atom stereocenters. The molecule has 1 atom stereocenters. The zero-order valence-electron chi connectivity index (χ0n) is 11.4. The topological polar surface area (TPSA) is 58.9 Å². The molecule has 0 aliphatic heterocycles. The van der Waals surface area contributed by atoms with Gasteiger partial charge in [-0.3, -0.25) is 10.1 Å². The van der Waals surface area contributed by atoms with E-state index in [0.717, 1.165) is 26.5 Å². The smallest absolute Gasteiger partial charge is 0.214 e. The average Bonchev–Trinajstić information content (AvgIpc) is 2.88. The Kier molecular flexibility index (Phi) is 4.18. The van der Waals surface area contributed by atoms with E-state index in [0.29, 0.717) is 5.02 Å². The van der Waals surface area contributed by atoms with E-state index in [9.17, 15) is 10.1 Å². The summed E-state index contributed by atoms with van der Waals surface area (Å²) in [7, 11) is 0. The van der Waals surface area contributed by atoms with Crippen LogP contribution < -0.4 is 0 Å². The summed E-state index contributed by atoms with van der Waals surface area (Å²) in [4.78, 5) is 14.0. The van der Waals surface area contributed by atoms with Crippen LogP contribution in [0.1, 0.15) is 17.0 Å². The van der Waals surface area contributed by atoms with Gasteiger partial charge in [-0.1, -0.05) is 45.7 Å². The molecule has 0 bridgehead atoms. The van der Waals surface area contributed by atoms with Gasteiger partial charge in [0, 0.05) is 31.5 Å². The Morgan fingerprint density at radius 1 is 1.23 bits per heavy atom. The highest BCUT2D eigenvalue weighted by Crippen LogP contribution is 2.35. The number of halogens is 2. The van der Waals surface area contributed by atoms with Gasteiger partial charge >= 0.3 is 0 Å². The third-order valence-electron chi connectivity index (χ3n) is 3.66. The van der Waals surface area contributed by atoms with Gasteiger partial charge in [0.05, 0.1) is 5.92 Å². The van der Waals surface area contributed by atoms with Crippen molar-refractivity contribution < 1.29 is 4.92 Å². The minimum atomic E-state index is -0.397. The number of fused-ring (bicyclic) bond motifs is 1. The third kappa shape index (κ3) is 2.87. The van der Waals surface area contributed by atoms with Gasteiger partial charge in [0.25, 0.3) is 0 Å². The number of nitrogens with one attached hydrogen (secondary N) is 1. The minimum Gasteiger partial charge on any atom is -0.361 e. The van der Waals surface area contributed by atoms with Crippen LogP contribution in [0.3, 0.4) is 0 Å². The van der Waals surface area contributed by atoms with Crippen molar-refractivity contribution in [3.63, 3.8) is 0 Å². The predicted octanol–water partition coefficient (Wildman–Crippen LogP) is 4.99. The summed E-state index contributed by atoms with van der Waals surface area (Å²) in [6.07, 6.45) is 1.83. The lowest BCUT2D eigenvalue weighted by Gasteiger charge is -2.14. The highest BCUT2D eigenvalue weighted by atomic mass is 79.9. The summed E-state index contributed by atoms with van der Waals surface area (Å²) in [5.41, 5.74) is 2.58. The molecule has 0 saturated carbocycles. The Morgan fingerprint density at radius 2 is 2.00 bits per heavy atom. The van der Waals surface area contributed by atoms with Crippen LogP contribution in [0.5, 0.6) is 0 Å². The van der Waals surface area contributed by atoms with Crippen molar-refractivity contribution in [1.82, 2.24) is 4.98 Å². The molecule has 3 aromatic rings. The maximum atomic E-state index is 11.1. The van der Waals surface area contributed by atoms with Crippen LogP contribution in [0, 0.1) is 10.1 Å². The van der Waals surface area contributed by atoms with Crippen molar-refractivity contribution in [2.75, 3.05) is 6.54 Å². The Morgan fingerprint density at radius 3 is 2.73 bits per heavy atom. The van der Waals surface area contributed by atoms with Crippen LogP contribution in [0.25, 0.3) is 10.9 Å². The number of hydrogen-bond acceptors (Lipinski definition) is 2. The molecule has 0 radical (unpaired) electrons. The summed E-state index contributed by atoms with van der Waals surface area (Å²) < 4.78 is 0.930. The first-order valence-corrected chi connectivity index (χ1v) is 7.86. The van der Waals surface area contributed by atoms with E-state index in [-0.39, 0.29) is 11.5 Å². The van der Waals surface area contributed by atoms with Crippen molar-refractivity contribution >= 4 is 38.4 Å². The SMILES string of the molecule is O=[N+]([O-])CC(c1ccccc1Cl)c1c[nH]c2ccc(Br)cc12. The maximum Gasteiger partial charge on any atom is 0.214 e. The number of hydrogen-bond donors (Lipinski definition) is 1. The molecule has 1 aromatic heterocycles. The number of nitrogens with zero attached hydrogens (tertiary/aromatic N) is 1. The summed E-state index contributed by atoms with van der Waals surface area (Å²) >= 11 is 9.71.